The van der Waals surface area contributed by atoms with Gasteiger partial charge in [0.05, 0.1) is 0 Å². The van der Waals surface area contributed by atoms with Crippen LogP contribution in [-0.4, -0.2) is 11.1 Å². The molecular formula is C19H25NO2. The maximum absolute atomic E-state index is 10.9. The van der Waals surface area contributed by atoms with Gasteiger partial charge in [-0.1, -0.05) is 43.7 Å². The molecule has 1 aromatic carbocycles. The highest BCUT2D eigenvalue weighted by Crippen LogP contribution is 2.18. The van der Waals surface area contributed by atoms with Crippen LogP contribution < -0.4 is 15.9 Å². The van der Waals surface area contributed by atoms with E-state index in [0.717, 1.165) is 44.9 Å². The number of benzene rings is 1. The molecule has 0 atom stereocenters. The fraction of sp³-hybridized carbons (Fsp3) is 0.421. The van der Waals surface area contributed by atoms with Crippen LogP contribution in [0, 0.1) is 0 Å². The number of hydroxylamine groups is 1. The molecule has 0 heterocycles. The molecule has 1 aliphatic carbocycles. The SMILES string of the molecule is C=C(CCCCCCC(=O)NO)c1ccc2c(c1)=CCCC=2. The van der Waals surface area contributed by atoms with Crippen LogP contribution in [0.3, 0.4) is 0 Å². The lowest BCUT2D eigenvalue weighted by atomic mass is 9.98. The highest BCUT2D eigenvalue weighted by Gasteiger charge is 2.02. The highest BCUT2D eigenvalue weighted by molar-refractivity contribution is 5.74. The van der Waals surface area contributed by atoms with Crippen molar-refractivity contribution >= 4 is 23.6 Å². The van der Waals surface area contributed by atoms with Gasteiger partial charge >= 0.3 is 0 Å². The summed E-state index contributed by atoms with van der Waals surface area (Å²) in [4.78, 5) is 10.9. The Morgan fingerprint density at radius 2 is 1.73 bits per heavy atom. The van der Waals surface area contributed by atoms with Gasteiger partial charge in [0.2, 0.25) is 5.91 Å². The lowest BCUT2D eigenvalue weighted by Crippen LogP contribution is -2.26. The standard InChI is InChI=1S/C19H25NO2/c1-15(8-4-2-3-5-11-19(21)20-22)17-13-12-16-9-6-7-10-18(16)14-17/h9-10,12-14,22H,1-8,11H2,(H,20,21). The van der Waals surface area contributed by atoms with E-state index in [1.54, 1.807) is 5.48 Å². The third-order valence-electron chi connectivity index (χ3n) is 4.15. The van der Waals surface area contributed by atoms with Gasteiger partial charge in [0, 0.05) is 6.42 Å². The van der Waals surface area contributed by atoms with Crippen molar-refractivity contribution in [3.8, 4) is 0 Å². The first-order chi connectivity index (χ1) is 10.7. The minimum atomic E-state index is -0.300. The normalized spacial score (nSPS) is 12.8. The first-order valence-corrected chi connectivity index (χ1v) is 8.12. The van der Waals surface area contributed by atoms with Crippen molar-refractivity contribution in [2.24, 2.45) is 0 Å². The topological polar surface area (TPSA) is 49.3 Å². The summed E-state index contributed by atoms with van der Waals surface area (Å²) < 4.78 is 0. The largest absolute Gasteiger partial charge is 0.289 e. The molecule has 1 amide bonds. The maximum atomic E-state index is 10.9. The van der Waals surface area contributed by atoms with Gasteiger partial charge in [-0.3, -0.25) is 10.0 Å². The smallest absolute Gasteiger partial charge is 0.243 e. The number of amides is 1. The molecular weight excluding hydrogens is 274 g/mol. The molecule has 0 saturated heterocycles. The second-order valence-corrected chi connectivity index (χ2v) is 5.88. The summed E-state index contributed by atoms with van der Waals surface area (Å²) >= 11 is 0. The molecule has 118 valence electrons. The molecule has 0 fully saturated rings. The van der Waals surface area contributed by atoms with Crippen LogP contribution in [0.1, 0.15) is 56.9 Å². The molecule has 0 aliphatic heterocycles. The Balaban J connectivity index is 1.75. The van der Waals surface area contributed by atoms with E-state index < -0.39 is 0 Å². The van der Waals surface area contributed by atoms with Crippen molar-refractivity contribution in [3.63, 3.8) is 0 Å². The number of fused-ring (bicyclic) bond motifs is 1. The van der Waals surface area contributed by atoms with Gasteiger partial charge in [-0.15, -0.1) is 0 Å². The Kier molecular flexibility index (Phi) is 6.41. The van der Waals surface area contributed by atoms with Gasteiger partial charge in [0.15, 0.2) is 0 Å². The molecule has 0 radical (unpaired) electrons. The molecule has 0 unspecified atom stereocenters. The van der Waals surface area contributed by atoms with E-state index in [-0.39, 0.29) is 5.91 Å². The highest BCUT2D eigenvalue weighted by atomic mass is 16.5. The average Bonchev–Trinajstić information content (AvgIpc) is 2.56. The van der Waals surface area contributed by atoms with Crippen molar-refractivity contribution < 1.29 is 10.0 Å². The summed E-state index contributed by atoms with van der Waals surface area (Å²) in [6, 6.07) is 6.61. The van der Waals surface area contributed by atoms with E-state index in [1.807, 2.05) is 0 Å². The van der Waals surface area contributed by atoms with Gasteiger partial charge in [0.25, 0.3) is 0 Å². The van der Waals surface area contributed by atoms with Crippen molar-refractivity contribution in [1.29, 1.82) is 0 Å². The fourth-order valence-electron chi connectivity index (χ4n) is 2.81. The number of rotatable bonds is 8. The molecule has 2 rings (SSSR count). The third kappa shape index (κ3) is 4.85. The van der Waals surface area contributed by atoms with E-state index >= 15 is 0 Å². The van der Waals surface area contributed by atoms with E-state index in [1.165, 1.54) is 21.6 Å². The van der Waals surface area contributed by atoms with Crippen LogP contribution in [-0.2, 0) is 4.79 Å². The molecule has 22 heavy (non-hydrogen) atoms. The van der Waals surface area contributed by atoms with Crippen molar-refractivity contribution in [2.45, 2.75) is 51.4 Å². The average molecular weight is 299 g/mol. The Hall–Kier alpha value is -1.87. The Labute approximate surface area is 132 Å². The molecule has 0 bridgehead atoms. The van der Waals surface area contributed by atoms with Gasteiger partial charge in [-0.2, -0.15) is 0 Å². The summed E-state index contributed by atoms with van der Waals surface area (Å²) in [5.74, 6) is -0.300. The first kappa shape index (κ1) is 16.5. The lowest BCUT2D eigenvalue weighted by molar-refractivity contribution is -0.129. The van der Waals surface area contributed by atoms with Crippen molar-refractivity contribution in [3.05, 3.63) is 40.8 Å². The van der Waals surface area contributed by atoms with E-state index in [2.05, 4.69) is 36.9 Å². The third-order valence-corrected chi connectivity index (χ3v) is 4.15. The van der Waals surface area contributed by atoms with Gasteiger partial charge in [-0.05, 0) is 59.7 Å². The molecule has 0 aromatic heterocycles. The lowest BCUT2D eigenvalue weighted by Gasteiger charge is -2.08. The zero-order chi connectivity index (χ0) is 15.8. The second-order valence-electron chi connectivity index (χ2n) is 5.88. The molecule has 0 saturated carbocycles. The van der Waals surface area contributed by atoms with Crippen molar-refractivity contribution in [2.75, 3.05) is 0 Å². The number of allylic oxidation sites excluding steroid dienone is 1. The summed E-state index contributed by atoms with van der Waals surface area (Å²) in [6.45, 7) is 4.21. The van der Waals surface area contributed by atoms with E-state index in [4.69, 9.17) is 5.21 Å². The number of carbonyl (C=O) groups is 1. The first-order valence-electron chi connectivity index (χ1n) is 8.12. The molecule has 2 N–H and O–H groups in total. The maximum Gasteiger partial charge on any atom is 0.243 e. The molecule has 0 spiro atoms. The minimum Gasteiger partial charge on any atom is -0.289 e. The Morgan fingerprint density at radius 3 is 2.45 bits per heavy atom. The number of hydrogen-bond acceptors (Lipinski definition) is 2. The van der Waals surface area contributed by atoms with Crippen molar-refractivity contribution in [1.82, 2.24) is 5.48 Å². The summed E-state index contributed by atoms with van der Waals surface area (Å²) in [7, 11) is 0. The molecule has 3 heteroatoms. The molecule has 3 nitrogen and oxygen atoms in total. The second kappa shape index (κ2) is 8.54. The monoisotopic (exact) mass is 299 g/mol. The summed E-state index contributed by atoms with van der Waals surface area (Å²) in [5, 5.41) is 11.1. The van der Waals surface area contributed by atoms with Gasteiger partial charge in [0.1, 0.15) is 0 Å². The van der Waals surface area contributed by atoms with E-state index in [9.17, 15) is 4.79 Å². The van der Waals surface area contributed by atoms with Crippen LogP contribution >= 0.6 is 0 Å². The fourth-order valence-corrected chi connectivity index (χ4v) is 2.81. The van der Waals surface area contributed by atoms with Crippen LogP contribution in [0.5, 0.6) is 0 Å². The zero-order valence-corrected chi connectivity index (χ0v) is 13.1. The van der Waals surface area contributed by atoms with Crippen LogP contribution in [0.4, 0.5) is 0 Å². The van der Waals surface area contributed by atoms with Crippen LogP contribution in [0.15, 0.2) is 24.8 Å². The van der Waals surface area contributed by atoms with E-state index in [0.29, 0.717) is 6.42 Å². The number of unbranched alkanes of at least 4 members (excludes halogenated alkanes) is 3. The summed E-state index contributed by atoms with van der Waals surface area (Å²) in [5.41, 5.74) is 4.09. The molecule has 1 aliphatic rings. The number of hydrogen-bond donors (Lipinski definition) is 2. The van der Waals surface area contributed by atoms with Crippen LogP contribution in [0.25, 0.3) is 17.7 Å². The molecule has 1 aromatic rings. The zero-order valence-electron chi connectivity index (χ0n) is 13.1. The Morgan fingerprint density at radius 1 is 1.05 bits per heavy atom. The summed E-state index contributed by atoms with van der Waals surface area (Å²) in [6.07, 6.45) is 12.3. The number of carbonyl (C=O) groups excluding carboxylic acids is 1. The predicted octanol–water partition coefficient (Wildman–Crippen LogP) is 2.90. The predicted molar refractivity (Wildman–Crippen MR) is 90.5 cm³/mol. The van der Waals surface area contributed by atoms with Crippen LogP contribution in [0.2, 0.25) is 0 Å². The number of nitrogens with one attached hydrogen (secondary N) is 1. The minimum absolute atomic E-state index is 0.300. The van der Waals surface area contributed by atoms with Gasteiger partial charge in [-0.25, -0.2) is 5.48 Å². The Bertz CT molecular complexity index is 646. The quantitative estimate of drug-likeness (QED) is 0.440. The van der Waals surface area contributed by atoms with Gasteiger partial charge < -0.3 is 0 Å².